The van der Waals surface area contributed by atoms with Gasteiger partial charge >= 0.3 is 41.6 Å². The van der Waals surface area contributed by atoms with Gasteiger partial charge in [0.05, 0.1) is 11.4 Å². The standard InChI is InChI=1S/2C18H18N.C2H6Si.2ClH.Hf/c2*1-3-6-14-11-15-9-13(2)10-16(15)17(12-14)18-7-4-5-8-19-18;1-3-2;;;/h2*4-5,7-12H,3,6H2,1-2H3;1-2H3;2*1H;/q2*-1;;;;+2/p-2. The Balaban J connectivity index is 0.000000263. The Morgan fingerprint density at radius 2 is 1.02 bits per heavy atom. The minimum atomic E-state index is 0. The molecule has 0 radical (unpaired) electrons. The van der Waals surface area contributed by atoms with Gasteiger partial charge in [-0.15, -0.1) is 56.9 Å². The molecule has 0 atom stereocenters. The summed E-state index contributed by atoms with van der Waals surface area (Å²) in [5, 5.41) is 5.31. The first kappa shape index (κ1) is 37.8. The van der Waals surface area contributed by atoms with Crippen LogP contribution in [0.1, 0.15) is 48.9 Å². The SMILES string of the molecule is CCCc1cc(-c2ccccn2)c2cc(C)[cH-]c2c1.CCCc1cc(-c2ccccn2)c2cc(C)[cH-]c2c1.C[Si](C)=[Hf+2].[Cl-].[Cl-]. The Hall–Kier alpha value is -2.37. The Morgan fingerprint density at radius 1 is 0.636 bits per heavy atom. The quantitative estimate of drug-likeness (QED) is 0.183. The van der Waals surface area contributed by atoms with Crippen LogP contribution in [0.2, 0.25) is 13.1 Å². The van der Waals surface area contributed by atoms with Crippen molar-refractivity contribution in [3.63, 3.8) is 0 Å². The first-order chi connectivity index (χ1) is 20.3. The summed E-state index contributed by atoms with van der Waals surface area (Å²) in [4.78, 5) is 9.02. The molecule has 0 saturated carbocycles. The van der Waals surface area contributed by atoms with Crippen molar-refractivity contribution in [2.75, 3.05) is 0 Å². The number of hydrogen-bond donors (Lipinski definition) is 0. The fourth-order valence-electron chi connectivity index (χ4n) is 5.40. The zero-order valence-electron chi connectivity index (χ0n) is 26.7. The van der Waals surface area contributed by atoms with Crippen molar-refractivity contribution in [2.45, 2.75) is 66.5 Å². The van der Waals surface area contributed by atoms with E-state index in [1.165, 1.54) is 90.8 Å². The molecule has 2 aromatic heterocycles. The first-order valence-corrected chi connectivity index (χ1v) is 22.9. The maximum absolute atomic E-state index is 4.51. The van der Waals surface area contributed by atoms with E-state index < -0.39 is 0 Å². The summed E-state index contributed by atoms with van der Waals surface area (Å²) in [6.45, 7) is 13.4. The average molecular weight is 804 g/mol. The topological polar surface area (TPSA) is 25.8 Å². The molecule has 0 unspecified atom stereocenters. The molecule has 6 aromatic rings. The van der Waals surface area contributed by atoms with Crippen LogP contribution in [0.4, 0.5) is 0 Å². The minimum absolute atomic E-state index is 0. The molecular weight excluding hydrogens is 762 g/mol. The van der Waals surface area contributed by atoms with Crippen LogP contribution in [0, 0.1) is 13.8 Å². The van der Waals surface area contributed by atoms with Crippen LogP contribution in [0.5, 0.6) is 0 Å². The molecule has 0 bridgehead atoms. The number of aromatic nitrogens is 2. The fourth-order valence-corrected chi connectivity index (χ4v) is 5.40. The fraction of sp³-hybridized carbons (Fsp3) is 0.263. The molecule has 0 saturated heterocycles. The van der Waals surface area contributed by atoms with Gasteiger partial charge < -0.3 is 24.8 Å². The molecule has 2 nitrogen and oxygen atoms in total. The van der Waals surface area contributed by atoms with Crippen LogP contribution in [0.3, 0.4) is 0 Å². The van der Waals surface area contributed by atoms with Gasteiger partial charge in [0.25, 0.3) is 0 Å². The van der Waals surface area contributed by atoms with E-state index >= 15 is 0 Å². The van der Waals surface area contributed by atoms with Crippen LogP contribution >= 0.6 is 0 Å². The second-order valence-corrected chi connectivity index (χ2v) is 24.1. The number of hydrogen-bond acceptors (Lipinski definition) is 2. The second-order valence-electron chi connectivity index (χ2n) is 11.3. The van der Waals surface area contributed by atoms with Crippen LogP contribution in [0.15, 0.2) is 97.3 Å². The van der Waals surface area contributed by atoms with Crippen molar-refractivity contribution in [2.24, 2.45) is 0 Å². The van der Waals surface area contributed by atoms with Crippen LogP contribution < -0.4 is 24.8 Å². The van der Waals surface area contributed by atoms with Crippen molar-refractivity contribution >= 4 is 27.0 Å². The molecular formula is C38H42Cl2HfN2Si-2. The molecule has 0 aliphatic heterocycles. The zero-order chi connectivity index (χ0) is 30.1. The molecule has 0 aliphatic carbocycles. The van der Waals surface area contributed by atoms with Crippen molar-refractivity contribution in [3.05, 3.63) is 120 Å². The Bertz CT molecular complexity index is 1630. The third-order valence-corrected chi connectivity index (χ3v) is 7.01. The van der Waals surface area contributed by atoms with E-state index in [4.69, 9.17) is 0 Å². The Morgan fingerprint density at radius 3 is 1.34 bits per heavy atom. The van der Waals surface area contributed by atoms with E-state index in [0.29, 0.717) is 0 Å². The predicted octanol–water partition coefficient (Wildman–Crippen LogP) is 4.56. The molecule has 6 heteroatoms. The van der Waals surface area contributed by atoms with E-state index in [2.05, 4.69) is 124 Å². The molecule has 0 spiro atoms. The van der Waals surface area contributed by atoms with Gasteiger partial charge in [0.1, 0.15) is 0 Å². The number of benzene rings is 2. The van der Waals surface area contributed by atoms with E-state index in [1.54, 1.807) is 0 Å². The van der Waals surface area contributed by atoms with Crippen LogP contribution in [-0.4, -0.2) is 15.5 Å². The number of halogens is 2. The van der Waals surface area contributed by atoms with Gasteiger partial charge in [0.15, 0.2) is 0 Å². The number of rotatable bonds is 6. The number of pyridine rings is 2. The van der Waals surface area contributed by atoms with E-state index in [9.17, 15) is 0 Å². The van der Waals surface area contributed by atoms with Crippen molar-refractivity contribution in [1.82, 2.24) is 9.97 Å². The van der Waals surface area contributed by atoms with Gasteiger partial charge in [-0.1, -0.05) is 75.9 Å². The molecule has 0 amide bonds. The number of fused-ring (bicyclic) bond motifs is 2. The summed E-state index contributed by atoms with van der Waals surface area (Å²) in [6.07, 6.45) is 8.33. The van der Waals surface area contributed by atoms with Gasteiger partial charge in [0.2, 0.25) is 0 Å². The van der Waals surface area contributed by atoms with E-state index in [0.717, 1.165) is 24.2 Å². The van der Waals surface area contributed by atoms with Crippen LogP contribution in [-0.2, 0) is 35.8 Å². The number of nitrogens with zero attached hydrogens (tertiary/aromatic N) is 2. The Labute approximate surface area is 291 Å². The van der Waals surface area contributed by atoms with Crippen molar-refractivity contribution < 1.29 is 47.8 Å². The summed E-state index contributed by atoms with van der Waals surface area (Å²) in [7, 11) is 0. The molecule has 6 rings (SSSR count). The molecule has 0 N–H and O–H groups in total. The zero-order valence-corrected chi connectivity index (χ0v) is 32.8. The third kappa shape index (κ3) is 10.3. The predicted molar refractivity (Wildman–Crippen MR) is 180 cm³/mol. The maximum atomic E-state index is 4.51. The largest absolute Gasteiger partial charge is 1.00 e. The first-order valence-electron chi connectivity index (χ1n) is 15.0. The normalized spacial score (nSPS) is 10.2. The monoisotopic (exact) mass is 804 g/mol. The third-order valence-electron chi connectivity index (χ3n) is 7.01. The van der Waals surface area contributed by atoms with Gasteiger partial charge in [0, 0.05) is 12.4 Å². The molecule has 2 heterocycles. The van der Waals surface area contributed by atoms with Gasteiger partial charge in [-0.25, -0.2) is 0 Å². The summed E-state index contributed by atoms with van der Waals surface area (Å²) in [5.41, 5.74) is 10.4. The molecule has 44 heavy (non-hydrogen) atoms. The molecule has 228 valence electrons. The maximum Gasteiger partial charge on any atom is -1.00 e. The van der Waals surface area contributed by atoms with Gasteiger partial charge in [-0.05, 0) is 48.2 Å². The van der Waals surface area contributed by atoms with Crippen molar-refractivity contribution in [3.8, 4) is 22.5 Å². The molecule has 4 aromatic carbocycles. The molecule has 0 aliphatic rings. The average Bonchev–Trinajstić information content (AvgIpc) is 3.54. The summed E-state index contributed by atoms with van der Waals surface area (Å²) in [5.74, 6) is 0. The summed E-state index contributed by atoms with van der Waals surface area (Å²) >= 11 is 1.45. The van der Waals surface area contributed by atoms with E-state index in [1.807, 2.05) is 24.5 Å². The van der Waals surface area contributed by atoms with Gasteiger partial charge in [-0.2, -0.15) is 12.1 Å². The Kier molecular flexibility index (Phi) is 16.0. The summed E-state index contributed by atoms with van der Waals surface area (Å²) in [6, 6.07) is 30.5. The summed E-state index contributed by atoms with van der Waals surface area (Å²) < 4.78 is 0. The smallest absolute Gasteiger partial charge is 1.00 e. The minimum Gasteiger partial charge on any atom is -1.00 e. The second kappa shape index (κ2) is 18.6. The number of aryl methyl sites for hydroxylation is 4. The van der Waals surface area contributed by atoms with Crippen LogP contribution in [0.25, 0.3) is 44.1 Å². The van der Waals surface area contributed by atoms with Crippen molar-refractivity contribution in [1.29, 1.82) is 0 Å². The van der Waals surface area contributed by atoms with E-state index in [-0.39, 0.29) is 30.3 Å². The molecule has 0 fully saturated rings. The van der Waals surface area contributed by atoms with Gasteiger partial charge in [-0.3, -0.25) is 9.97 Å².